The molecule has 1 aromatic rings. The highest BCUT2D eigenvalue weighted by Crippen LogP contribution is 2.29. The summed E-state index contributed by atoms with van der Waals surface area (Å²) >= 11 is 9.36. The third kappa shape index (κ3) is 4.15. The van der Waals surface area contributed by atoms with E-state index >= 15 is 0 Å². The summed E-state index contributed by atoms with van der Waals surface area (Å²) in [5.74, 6) is 0.490. The van der Waals surface area contributed by atoms with Crippen LogP contribution in [0.25, 0.3) is 0 Å². The van der Waals surface area contributed by atoms with Gasteiger partial charge in [-0.15, -0.1) is 10.2 Å². The van der Waals surface area contributed by atoms with Gasteiger partial charge in [0, 0.05) is 0 Å². The van der Waals surface area contributed by atoms with Gasteiger partial charge < -0.3 is 0 Å². The molecule has 21 heavy (non-hydrogen) atoms. The molecule has 2 heterocycles. The topological polar surface area (TPSA) is 75.2 Å². The Balaban J connectivity index is 1.92. The predicted molar refractivity (Wildman–Crippen MR) is 90.9 cm³/mol. The van der Waals surface area contributed by atoms with Gasteiger partial charge in [-0.25, -0.2) is 0 Å². The molecule has 1 unspecified atom stereocenters. The Bertz CT molecular complexity index is 562. The molecule has 1 aliphatic rings. The second-order valence-corrected chi connectivity index (χ2v) is 8.38. The van der Waals surface area contributed by atoms with E-state index in [9.17, 15) is 9.59 Å². The number of nitrogens with one attached hydrogen (secondary N) is 1. The van der Waals surface area contributed by atoms with Crippen molar-refractivity contribution in [1.29, 1.82) is 0 Å². The molecule has 0 aliphatic carbocycles. The van der Waals surface area contributed by atoms with Gasteiger partial charge in [-0.1, -0.05) is 60.9 Å². The molecule has 1 aliphatic heterocycles. The molecule has 6 nitrogen and oxygen atoms in total. The van der Waals surface area contributed by atoms with Crippen molar-refractivity contribution < 1.29 is 9.59 Å². The lowest BCUT2D eigenvalue weighted by Crippen LogP contribution is -2.38. The Kier molecular flexibility index (Phi) is 5.97. The Morgan fingerprint density at radius 1 is 1.48 bits per heavy atom. The van der Waals surface area contributed by atoms with Crippen LogP contribution in [0, 0.1) is 0 Å². The van der Waals surface area contributed by atoms with Crippen LogP contribution >= 0.6 is 47.1 Å². The van der Waals surface area contributed by atoms with Crippen LogP contribution in [-0.2, 0) is 9.59 Å². The summed E-state index contributed by atoms with van der Waals surface area (Å²) in [5.41, 5.74) is 0. The molecule has 0 bridgehead atoms. The highest BCUT2D eigenvalue weighted by Gasteiger charge is 2.36. The molecule has 1 N–H and O–H groups in total. The number of anilines is 1. The van der Waals surface area contributed by atoms with Gasteiger partial charge in [0.25, 0.3) is 0 Å². The van der Waals surface area contributed by atoms with Gasteiger partial charge in [0.2, 0.25) is 16.9 Å². The minimum absolute atomic E-state index is 0.0724. The Hall–Kier alpha value is -0.710. The van der Waals surface area contributed by atoms with E-state index in [0.29, 0.717) is 15.9 Å². The lowest BCUT2D eigenvalue weighted by atomic mass is 10.3. The van der Waals surface area contributed by atoms with Crippen LogP contribution in [0.3, 0.4) is 0 Å². The maximum absolute atomic E-state index is 12.0. The number of nitrogens with zero attached hydrogens (tertiary/aromatic N) is 3. The summed E-state index contributed by atoms with van der Waals surface area (Å²) < 4.78 is 1.27. The van der Waals surface area contributed by atoms with Crippen LogP contribution in [-0.4, -0.2) is 48.8 Å². The van der Waals surface area contributed by atoms with Crippen LogP contribution in [0.1, 0.15) is 20.3 Å². The zero-order chi connectivity index (χ0) is 15.4. The quantitative estimate of drug-likeness (QED) is 0.472. The van der Waals surface area contributed by atoms with Crippen LogP contribution in [0.15, 0.2) is 4.34 Å². The third-order valence-corrected chi connectivity index (χ3v) is 6.20. The second-order valence-electron chi connectivity index (χ2n) is 4.06. The van der Waals surface area contributed by atoms with Gasteiger partial charge in [0.05, 0.1) is 5.25 Å². The number of aromatic nitrogens is 2. The van der Waals surface area contributed by atoms with Gasteiger partial charge in [-0.2, -0.15) is 0 Å². The average Bonchev–Trinajstić information content (AvgIpc) is 2.98. The zero-order valence-electron chi connectivity index (χ0n) is 11.5. The zero-order valence-corrected chi connectivity index (χ0v) is 14.8. The fraction of sp³-hybridized carbons (Fsp3) is 0.545. The second kappa shape index (κ2) is 7.52. The van der Waals surface area contributed by atoms with E-state index in [-0.39, 0.29) is 23.6 Å². The SMILES string of the molecule is CCSc1nnc(NC(=O)CN2C(=O)C(CC)SC2=S)s1. The monoisotopic (exact) mass is 362 g/mol. The predicted octanol–water partition coefficient (Wildman–Crippen LogP) is 2.23. The molecule has 0 aromatic carbocycles. The number of thiocarbonyl (C=S) groups is 1. The van der Waals surface area contributed by atoms with Crippen molar-refractivity contribution in [3.05, 3.63) is 0 Å². The summed E-state index contributed by atoms with van der Waals surface area (Å²) in [6, 6.07) is 0. The Labute approximate surface area is 140 Å². The lowest BCUT2D eigenvalue weighted by Gasteiger charge is -2.14. The van der Waals surface area contributed by atoms with Crippen LogP contribution in [0.5, 0.6) is 0 Å². The first-order valence-corrected chi connectivity index (χ1v) is 9.42. The number of carbonyl (C=O) groups excluding carboxylic acids is 2. The van der Waals surface area contributed by atoms with Crippen molar-refractivity contribution in [3.8, 4) is 0 Å². The van der Waals surface area contributed by atoms with Gasteiger partial charge in [0.15, 0.2) is 4.34 Å². The van der Waals surface area contributed by atoms with Crippen molar-refractivity contribution >= 4 is 68.3 Å². The molecule has 10 heteroatoms. The van der Waals surface area contributed by atoms with E-state index in [1.165, 1.54) is 28.0 Å². The fourth-order valence-electron chi connectivity index (χ4n) is 1.64. The van der Waals surface area contributed by atoms with E-state index in [4.69, 9.17) is 12.2 Å². The molecule has 0 saturated carbocycles. The fourth-order valence-corrected chi connectivity index (χ4v) is 4.73. The lowest BCUT2D eigenvalue weighted by molar-refractivity contribution is -0.129. The number of hydrogen-bond acceptors (Lipinski definition) is 8. The van der Waals surface area contributed by atoms with Gasteiger partial charge in [-0.3, -0.25) is 19.8 Å². The maximum atomic E-state index is 12.0. The molecule has 1 atom stereocenters. The number of carbonyl (C=O) groups is 2. The summed E-state index contributed by atoms with van der Waals surface area (Å²) in [5, 5.41) is 10.8. The highest BCUT2D eigenvalue weighted by molar-refractivity contribution is 8.24. The standard InChI is InChI=1S/C11H14N4O2S4/c1-3-6-8(17)15(11(18)20-6)5-7(16)12-9-13-14-10(21-9)19-4-2/h6H,3-5H2,1-2H3,(H,12,13,16). The van der Waals surface area contributed by atoms with E-state index in [1.54, 1.807) is 11.8 Å². The van der Waals surface area contributed by atoms with Gasteiger partial charge >= 0.3 is 0 Å². The van der Waals surface area contributed by atoms with Crippen molar-refractivity contribution in [2.75, 3.05) is 17.6 Å². The summed E-state index contributed by atoms with van der Waals surface area (Å²) in [6.07, 6.45) is 0.704. The number of rotatable bonds is 6. The van der Waals surface area contributed by atoms with Crippen LogP contribution in [0.4, 0.5) is 5.13 Å². The van der Waals surface area contributed by atoms with Gasteiger partial charge in [0.1, 0.15) is 10.9 Å². The van der Waals surface area contributed by atoms with Crippen LogP contribution < -0.4 is 5.32 Å². The van der Waals surface area contributed by atoms with Crippen molar-refractivity contribution in [2.24, 2.45) is 0 Å². The van der Waals surface area contributed by atoms with Crippen molar-refractivity contribution in [1.82, 2.24) is 15.1 Å². The molecule has 1 aromatic heterocycles. The van der Waals surface area contributed by atoms with E-state index in [1.807, 2.05) is 13.8 Å². The summed E-state index contributed by atoms with van der Waals surface area (Å²) in [7, 11) is 0. The highest BCUT2D eigenvalue weighted by atomic mass is 32.2. The molecular weight excluding hydrogens is 348 g/mol. The molecule has 1 fully saturated rings. The first kappa shape index (κ1) is 16.7. The minimum Gasteiger partial charge on any atom is -0.299 e. The molecule has 2 amide bonds. The minimum atomic E-state index is -0.313. The number of amides is 2. The Morgan fingerprint density at radius 3 is 2.86 bits per heavy atom. The largest absolute Gasteiger partial charge is 0.299 e. The normalized spacial score (nSPS) is 18.4. The smallest absolute Gasteiger partial charge is 0.246 e. The van der Waals surface area contributed by atoms with E-state index < -0.39 is 0 Å². The first-order chi connectivity index (χ1) is 10.0. The first-order valence-electron chi connectivity index (χ1n) is 6.33. The van der Waals surface area contributed by atoms with E-state index in [2.05, 4.69) is 15.5 Å². The van der Waals surface area contributed by atoms with Crippen molar-refractivity contribution in [3.63, 3.8) is 0 Å². The summed E-state index contributed by atoms with van der Waals surface area (Å²) in [6.45, 7) is 3.87. The number of hydrogen-bond donors (Lipinski definition) is 1. The summed E-state index contributed by atoms with van der Waals surface area (Å²) in [4.78, 5) is 25.4. The molecule has 2 rings (SSSR count). The molecular formula is C11H14N4O2S4. The third-order valence-electron chi connectivity index (χ3n) is 2.60. The molecule has 0 spiro atoms. The maximum Gasteiger partial charge on any atom is 0.246 e. The van der Waals surface area contributed by atoms with Crippen LogP contribution in [0.2, 0.25) is 0 Å². The number of thioether (sulfide) groups is 2. The van der Waals surface area contributed by atoms with E-state index in [0.717, 1.165) is 10.1 Å². The molecule has 114 valence electrons. The van der Waals surface area contributed by atoms with Gasteiger partial charge in [-0.05, 0) is 12.2 Å². The van der Waals surface area contributed by atoms with Crippen molar-refractivity contribution in [2.45, 2.75) is 29.9 Å². The molecule has 1 saturated heterocycles. The average molecular weight is 363 g/mol. The molecule has 0 radical (unpaired) electrons. The Morgan fingerprint density at radius 2 is 2.24 bits per heavy atom.